The summed E-state index contributed by atoms with van der Waals surface area (Å²) < 4.78 is 10.2. The van der Waals surface area contributed by atoms with Crippen molar-refractivity contribution >= 4 is 44.9 Å². The fraction of sp³-hybridized carbons (Fsp3) is 0.350. The third-order valence-electron chi connectivity index (χ3n) is 4.88. The molecule has 0 saturated carbocycles. The largest absolute Gasteiger partial charge is 0.459 e. The number of nitrogens with zero attached hydrogens (tertiary/aromatic N) is 3. The number of thiophene rings is 1. The van der Waals surface area contributed by atoms with E-state index in [1.165, 1.54) is 22.5 Å². The summed E-state index contributed by atoms with van der Waals surface area (Å²) in [6.07, 6.45) is 0.939. The van der Waals surface area contributed by atoms with E-state index in [0.29, 0.717) is 16.3 Å². The van der Waals surface area contributed by atoms with Crippen molar-refractivity contribution in [1.82, 2.24) is 9.97 Å². The Morgan fingerprint density at radius 2 is 2.04 bits per heavy atom. The number of aromatic nitrogens is 2. The molecule has 1 aliphatic heterocycles. The molecule has 1 aliphatic rings. The topological polar surface area (TPSA) is 64.5 Å². The first-order valence-corrected chi connectivity index (χ1v) is 10.2. The number of carbonyl (C=O) groups is 1. The lowest BCUT2D eigenvalue weighted by Gasteiger charge is -2.30. The molecule has 1 aromatic carbocycles. The molecule has 3 aromatic rings. The van der Waals surface area contributed by atoms with Gasteiger partial charge in [0.1, 0.15) is 22.1 Å². The van der Waals surface area contributed by atoms with Crippen molar-refractivity contribution in [3.8, 4) is 0 Å². The van der Waals surface area contributed by atoms with E-state index in [1.54, 1.807) is 7.11 Å². The summed E-state index contributed by atoms with van der Waals surface area (Å²) in [5, 5.41) is 1.05. The molecule has 0 N–H and O–H groups in total. The first-order chi connectivity index (χ1) is 13.6. The molecule has 0 fully saturated rings. The van der Waals surface area contributed by atoms with Gasteiger partial charge >= 0.3 is 5.97 Å². The maximum Gasteiger partial charge on any atom is 0.348 e. The van der Waals surface area contributed by atoms with Gasteiger partial charge in [-0.1, -0.05) is 24.3 Å². The van der Waals surface area contributed by atoms with E-state index < -0.39 is 0 Å². The number of rotatable bonds is 5. The number of esters is 1. The monoisotopic (exact) mass is 417 g/mol. The zero-order chi connectivity index (χ0) is 19.7. The Labute approximate surface area is 172 Å². The summed E-state index contributed by atoms with van der Waals surface area (Å²) in [6.45, 7) is 4.07. The average molecular weight is 418 g/mol. The number of fused-ring (bicyclic) bond motifs is 2. The minimum absolute atomic E-state index is 0.182. The van der Waals surface area contributed by atoms with Gasteiger partial charge in [0.15, 0.2) is 0 Å². The molecule has 3 heterocycles. The van der Waals surface area contributed by atoms with E-state index in [0.717, 1.165) is 36.3 Å². The van der Waals surface area contributed by atoms with Crippen molar-refractivity contribution in [2.45, 2.75) is 19.9 Å². The molecule has 0 radical (unpaired) electrons. The zero-order valence-corrected chi connectivity index (χ0v) is 17.3. The Balaban J connectivity index is 1.72. The van der Waals surface area contributed by atoms with Crippen LogP contribution in [0.15, 0.2) is 24.3 Å². The van der Waals surface area contributed by atoms with Gasteiger partial charge in [0.25, 0.3) is 0 Å². The maximum atomic E-state index is 12.5. The maximum absolute atomic E-state index is 12.5. The number of halogens is 1. The fourth-order valence-corrected chi connectivity index (χ4v) is 4.76. The van der Waals surface area contributed by atoms with Crippen LogP contribution in [0.1, 0.15) is 26.4 Å². The first kappa shape index (κ1) is 19.1. The second kappa shape index (κ2) is 8.03. The smallest absolute Gasteiger partial charge is 0.348 e. The van der Waals surface area contributed by atoms with Crippen LogP contribution in [0.25, 0.3) is 10.2 Å². The molecule has 0 saturated heterocycles. The lowest BCUT2D eigenvalue weighted by Crippen LogP contribution is -2.31. The molecule has 0 unspecified atom stereocenters. The Morgan fingerprint density at radius 3 is 2.82 bits per heavy atom. The summed E-state index contributed by atoms with van der Waals surface area (Å²) in [5.74, 6) is 0.401. The summed E-state index contributed by atoms with van der Waals surface area (Å²) in [7, 11) is 1.57. The van der Waals surface area contributed by atoms with Crippen LogP contribution in [0.5, 0.6) is 0 Å². The Morgan fingerprint density at radius 1 is 1.25 bits per heavy atom. The molecule has 0 bridgehead atoms. The highest BCUT2D eigenvalue weighted by molar-refractivity contribution is 7.20. The minimum Gasteiger partial charge on any atom is -0.459 e. The van der Waals surface area contributed by atoms with Gasteiger partial charge in [-0.2, -0.15) is 4.98 Å². The molecular formula is C20H20ClN3O3S. The molecule has 0 amide bonds. The van der Waals surface area contributed by atoms with Gasteiger partial charge in [-0.15, -0.1) is 11.3 Å². The van der Waals surface area contributed by atoms with Crippen LogP contribution in [0.4, 0.5) is 5.82 Å². The number of hydrogen-bond acceptors (Lipinski definition) is 7. The SMILES string of the molecule is COCCOC(=O)c1sc2nc(Cl)nc(N3CCc4ccccc4C3)c2c1C. The van der Waals surface area contributed by atoms with E-state index in [2.05, 4.69) is 39.1 Å². The third kappa shape index (κ3) is 3.57. The van der Waals surface area contributed by atoms with Crippen LogP contribution in [0.2, 0.25) is 5.28 Å². The van der Waals surface area contributed by atoms with Gasteiger partial charge in [-0.3, -0.25) is 0 Å². The highest BCUT2D eigenvalue weighted by Gasteiger charge is 2.25. The Bertz CT molecular complexity index is 1040. The van der Waals surface area contributed by atoms with Gasteiger partial charge in [0, 0.05) is 20.2 Å². The standard InChI is InChI=1S/C20H20ClN3O3S/c1-12-15-17(24-8-7-13-5-3-4-6-14(13)11-24)22-20(21)23-18(15)28-16(12)19(25)27-10-9-26-2/h3-6H,7-11H2,1-2H3. The lowest BCUT2D eigenvalue weighted by molar-refractivity contribution is 0.0393. The molecule has 0 spiro atoms. The van der Waals surface area contributed by atoms with Crippen LogP contribution >= 0.6 is 22.9 Å². The van der Waals surface area contributed by atoms with E-state index in [-0.39, 0.29) is 17.9 Å². The van der Waals surface area contributed by atoms with Gasteiger partial charge in [0.05, 0.1) is 12.0 Å². The van der Waals surface area contributed by atoms with Gasteiger partial charge in [0.2, 0.25) is 5.28 Å². The van der Waals surface area contributed by atoms with E-state index in [1.807, 2.05) is 6.92 Å². The Hall–Kier alpha value is -2.22. The van der Waals surface area contributed by atoms with Gasteiger partial charge in [-0.25, -0.2) is 9.78 Å². The highest BCUT2D eigenvalue weighted by Crippen LogP contribution is 2.38. The molecule has 4 rings (SSSR count). The second-order valence-corrected chi connectivity index (χ2v) is 7.96. The second-order valence-electron chi connectivity index (χ2n) is 6.62. The normalized spacial score (nSPS) is 13.6. The number of ether oxygens (including phenoxy) is 2. The third-order valence-corrected chi connectivity index (χ3v) is 6.21. The summed E-state index contributed by atoms with van der Waals surface area (Å²) in [5.41, 5.74) is 3.47. The summed E-state index contributed by atoms with van der Waals surface area (Å²) >= 11 is 7.50. The average Bonchev–Trinajstić information content (AvgIpc) is 3.03. The fourth-order valence-electron chi connectivity index (χ4n) is 3.48. The molecule has 8 heteroatoms. The van der Waals surface area contributed by atoms with Gasteiger partial charge < -0.3 is 14.4 Å². The molecule has 0 aliphatic carbocycles. The van der Waals surface area contributed by atoms with Gasteiger partial charge in [-0.05, 0) is 41.6 Å². The number of carbonyl (C=O) groups excluding carboxylic acids is 1. The van der Waals surface area contributed by atoms with E-state index >= 15 is 0 Å². The van der Waals surface area contributed by atoms with Crippen LogP contribution in [0.3, 0.4) is 0 Å². The summed E-state index contributed by atoms with van der Waals surface area (Å²) in [6, 6.07) is 8.42. The highest BCUT2D eigenvalue weighted by atomic mass is 35.5. The van der Waals surface area contributed by atoms with Crippen molar-refractivity contribution in [2.75, 3.05) is 31.8 Å². The number of benzene rings is 1. The predicted octanol–water partition coefficient (Wildman–Crippen LogP) is 4.02. The van der Waals surface area contributed by atoms with Crippen molar-refractivity contribution in [3.05, 3.63) is 51.1 Å². The number of hydrogen-bond donors (Lipinski definition) is 0. The summed E-state index contributed by atoms with van der Waals surface area (Å²) in [4.78, 5) is 24.8. The van der Waals surface area contributed by atoms with Crippen molar-refractivity contribution in [2.24, 2.45) is 0 Å². The minimum atomic E-state index is -0.372. The van der Waals surface area contributed by atoms with E-state index in [9.17, 15) is 4.79 Å². The molecule has 28 heavy (non-hydrogen) atoms. The van der Waals surface area contributed by atoms with Crippen LogP contribution < -0.4 is 4.90 Å². The number of anilines is 1. The Kier molecular flexibility index (Phi) is 5.48. The molecular weight excluding hydrogens is 398 g/mol. The number of aryl methyl sites for hydroxylation is 1. The van der Waals surface area contributed by atoms with Crippen molar-refractivity contribution < 1.29 is 14.3 Å². The predicted molar refractivity (Wildman–Crippen MR) is 111 cm³/mol. The number of methoxy groups -OCH3 is 1. The zero-order valence-electron chi connectivity index (χ0n) is 15.7. The van der Waals surface area contributed by atoms with Crippen LogP contribution in [0, 0.1) is 6.92 Å². The molecule has 0 atom stereocenters. The first-order valence-electron chi connectivity index (χ1n) is 9.03. The lowest BCUT2D eigenvalue weighted by atomic mass is 9.99. The van der Waals surface area contributed by atoms with Crippen LogP contribution in [-0.2, 0) is 22.4 Å². The van der Waals surface area contributed by atoms with E-state index in [4.69, 9.17) is 21.1 Å². The van der Waals surface area contributed by atoms with Crippen molar-refractivity contribution in [1.29, 1.82) is 0 Å². The molecule has 6 nitrogen and oxygen atoms in total. The molecule has 2 aromatic heterocycles. The van der Waals surface area contributed by atoms with Crippen LogP contribution in [-0.4, -0.2) is 42.8 Å². The molecule has 146 valence electrons. The van der Waals surface area contributed by atoms with Crippen molar-refractivity contribution in [3.63, 3.8) is 0 Å². The quantitative estimate of drug-likeness (QED) is 0.355.